The van der Waals surface area contributed by atoms with E-state index in [2.05, 4.69) is 24.0 Å². The Morgan fingerprint density at radius 3 is 2.57 bits per heavy atom. The van der Waals surface area contributed by atoms with Gasteiger partial charge < -0.3 is 4.90 Å². The van der Waals surface area contributed by atoms with E-state index in [1.807, 2.05) is 25.1 Å². The molecule has 2 aromatic carbocycles. The topological polar surface area (TPSA) is 83.7 Å². The number of fused-ring (bicyclic) bond motifs is 1. The van der Waals surface area contributed by atoms with Crippen LogP contribution in [-0.4, -0.2) is 44.9 Å². The first-order valence-electron chi connectivity index (χ1n) is 9.53. The fraction of sp³-hybridized carbons (Fsp3) is 0.381. The Balaban J connectivity index is 1.70. The van der Waals surface area contributed by atoms with Crippen molar-refractivity contribution < 1.29 is 13.2 Å². The van der Waals surface area contributed by atoms with Gasteiger partial charge in [-0.25, -0.2) is 13.6 Å². The smallest absolute Gasteiger partial charge is 0.241 e. The number of rotatable bonds is 7. The molecule has 3 rings (SSSR count). The van der Waals surface area contributed by atoms with Crippen molar-refractivity contribution in [2.75, 3.05) is 24.5 Å². The summed E-state index contributed by atoms with van der Waals surface area (Å²) < 4.78 is 23.2. The maximum atomic E-state index is 13.0. The zero-order valence-corrected chi connectivity index (χ0v) is 17.2. The molecule has 1 amide bonds. The zero-order chi connectivity index (χ0) is 20.3. The summed E-state index contributed by atoms with van der Waals surface area (Å²) in [4.78, 5) is 17.0. The number of likely N-dealkylation sites (N-methyl/N-ethyl adjacent to an activating group) is 1. The fourth-order valence-corrected chi connectivity index (χ4v) is 4.28. The average Bonchev–Trinajstić information content (AvgIpc) is 3.00. The van der Waals surface area contributed by atoms with Crippen LogP contribution in [0.5, 0.6) is 0 Å². The Labute approximate surface area is 167 Å². The normalized spacial score (nSPS) is 16.4. The van der Waals surface area contributed by atoms with Crippen LogP contribution in [0.15, 0.2) is 53.4 Å². The lowest BCUT2D eigenvalue weighted by Crippen LogP contribution is -2.43. The largest absolute Gasteiger partial charge is 0.308 e. The monoisotopic (exact) mass is 401 g/mol. The molecule has 0 radical (unpaired) electrons. The van der Waals surface area contributed by atoms with E-state index < -0.39 is 10.0 Å². The van der Waals surface area contributed by atoms with Gasteiger partial charge in [0.2, 0.25) is 15.9 Å². The average molecular weight is 402 g/mol. The summed E-state index contributed by atoms with van der Waals surface area (Å²) >= 11 is 0. The van der Waals surface area contributed by atoms with Gasteiger partial charge in [-0.1, -0.05) is 37.3 Å². The number of amides is 1. The number of benzene rings is 2. The molecule has 6 nitrogen and oxygen atoms in total. The third kappa shape index (κ3) is 4.60. The van der Waals surface area contributed by atoms with Gasteiger partial charge in [-0.2, -0.15) is 0 Å². The maximum absolute atomic E-state index is 13.0. The number of carbonyl (C=O) groups excluding carboxylic acids is 1. The third-order valence-corrected chi connectivity index (χ3v) is 6.14. The molecule has 0 aliphatic carbocycles. The highest BCUT2D eigenvalue weighted by molar-refractivity contribution is 7.89. The molecule has 0 saturated carbocycles. The maximum Gasteiger partial charge on any atom is 0.241 e. The van der Waals surface area contributed by atoms with Gasteiger partial charge in [0.25, 0.3) is 0 Å². The molecule has 0 fully saturated rings. The van der Waals surface area contributed by atoms with Crippen molar-refractivity contribution in [1.29, 1.82) is 0 Å². The van der Waals surface area contributed by atoms with E-state index in [1.54, 1.807) is 17.0 Å². The van der Waals surface area contributed by atoms with Crippen molar-refractivity contribution in [2.24, 2.45) is 5.14 Å². The van der Waals surface area contributed by atoms with Crippen LogP contribution in [0, 0.1) is 0 Å². The standard InChI is InChI=1S/C21H27N3O3S/c1-3-23(12-11-17-7-5-4-6-8-17)15-21(25)24-16(2)13-18-14-19(28(22,26)27)9-10-20(18)24/h4-10,14,16H,3,11-13,15H2,1-2H3,(H2,22,26,27). The van der Waals surface area contributed by atoms with Crippen molar-refractivity contribution >= 4 is 21.6 Å². The van der Waals surface area contributed by atoms with E-state index in [0.29, 0.717) is 13.0 Å². The summed E-state index contributed by atoms with van der Waals surface area (Å²) in [7, 11) is -3.75. The molecule has 2 N–H and O–H groups in total. The van der Waals surface area contributed by atoms with Crippen molar-refractivity contribution in [2.45, 2.75) is 37.6 Å². The van der Waals surface area contributed by atoms with Crippen molar-refractivity contribution in [3.8, 4) is 0 Å². The SMILES string of the molecule is CCN(CCc1ccccc1)CC(=O)N1c2ccc(S(N)(=O)=O)cc2CC1C. The molecule has 2 aromatic rings. The van der Waals surface area contributed by atoms with Gasteiger partial charge in [0.05, 0.1) is 11.4 Å². The highest BCUT2D eigenvalue weighted by Crippen LogP contribution is 2.33. The lowest BCUT2D eigenvalue weighted by molar-refractivity contribution is -0.120. The molecule has 0 saturated heterocycles. The van der Waals surface area contributed by atoms with Crippen LogP contribution >= 0.6 is 0 Å². The summed E-state index contributed by atoms with van der Waals surface area (Å²) in [5.41, 5.74) is 2.88. The van der Waals surface area contributed by atoms with Crippen LogP contribution < -0.4 is 10.0 Å². The second-order valence-corrected chi connectivity index (χ2v) is 8.82. The third-order valence-electron chi connectivity index (χ3n) is 5.23. The molecule has 0 spiro atoms. The first-order valence-corrected chi connectivity index (χ1v) is 11.1. The van der Waals surface area contributed by atoms with E-state index >= 15 is 0 Å². The van der Waals surface area contributed by atoms with Crippen LogP contribution in [-0.2, 0) is 27.7 Å². The second-order valence-electron chi connectivity index (χ2n) is 7.26. The minimum atomic E-state index is -3.75. The molecule has 1 atom stereocenters. The summed E-state index contributed by atoms with van der Waals surface area (Å²) in [6.07, 6.45) is 1.52. The van der Waals surface area contributed by atoms with E-state index in [-0.39, 0.29) is 16.8 Å². The van der Waals surface area contributed by atoms with Gasteiger partial charge in [-0.15, -0.1) is 0 Å². The van der Waals surface area contributed by atoms with Gasteiger partial charge in [0, 0.05) is 18.3 Å². The molecule has 150 valence electrons. The number of primary sulfonamides is 1. The number of hydrogen-bond donors (Lipinski definition) is 1. The Hall–Kier alpha value is -2.22. The van der Waals surface area contributed by atoms with Crippen LogP contribution in [0.3, 0.4) is 0 Å². The molecule has 1 aliphatic rings. The summed E-state index contributed by atoms with van der Waals surface area (Å²) in [5.74, 6) is 0.0320. The van der Waals surface area contributed by atoms with Gasteiger partial charge in [-0.3, -0.25) is 9.69 Å². The predicted octanol–water partition coefficient (Wildman–Crippen LogP) is 2.18. The summed E-state index contributed by atoms with van der Waals surface area (Å²) in [6, 6.07) is 15.0. The molecule has 7 heteroatoms. The Bertz CT molecular complexity index is 945. The number of carbonyl (C=O) groups is 1. The molecule has 28 heavy (non-hydrogen) atoms. The Morgan fingerprint density at radius 1 is 1.21 bits per heavy atom. The lowest BCUT2D eigenvalue weighted by atomic mass is 10.1. The molecule has 1 unspecified atom stereocenters. The fourth-order valence-electron chi connectivity index (χ4n) is 3.71. The van der Waals surface area contributed by atoms with Crippen molar-refractivity contribution in [1.82, 2.24) is 4.90 Å². The van der Waals surface area contributed by atoms with Gasteiger partial charge in [0.15, 0.2) is 0 Å². The minimum Gasteiger partial charge on any atom is -0.308 e. The van der Waals surface area contributed by atoms with E-state index in [0.717, 1.165) is 30.8 Å². The van der Waals surface area contributed by atoms with Crippen LogP contribution in [0.2, 0.25) is 0 Å². The molecule has 1 heterocycles. The van der Waals surface area contributed by atoms with Crippen LogP contribution in [0.25, 0.3) is 0 Å². The summed E-state index contributed by atoms with van der Waals surface area (Å²) in [5, 5.41) is 5.23. The van der Waals surface area contributed by atoms with E-state index in [9.17, 15) is 13.2 Å². The van der Waals surface area contributed by atoms with E-state index in [1.165, 1.54) is 11.6 Å². The molecule has 0 bridgehead atoms. The Morgan fingerprint density at radius 2 is 1.93 bits per heavy atom. The number of sulfonamides is 1. The quantitative estimate of drug-likeness (QED) is 0.771. The second kappa shape index (κ2) is 8.43. The highest BCUT2D eigenvalue weighted by Gasteiger charge is 2.32. The summed E-state index contributed by atoms with van der Waals surface area (Å²) in [6.45, 7) is 5.97. The van der Waals surface area contributed by atoms with Crippen molar-refractivity contribution in [3.05, 3.63) is 59.7 Å². The highest BCUT2D eigenvalue weighted by atomic mass is 32.2. The molecular formula is C21H27N3O3S. The van der Waals surface area contributed by atoms with E-state index in [4.69, 9.17) is 5.14 Å². The predicted molar refractivity (Wildman–Crippen MR) is 111 cm³/mol. The van der Waals surface area contributed by atoms with Crippen LogP contribution in [0.4, 0.5) is 5.69 Å². The van der Waals surface area contributed by atoms with Gasteiger partial charge in [0.1, 0.15) is 0 Å². The van der Waals surface area contributed by atoms with Crippen LogP contribution in [0.1, 0.15) is 25.0 Å². The molecule has 1 aliphatic heterocycles. The van der Waals surface area contributed by atoms with Gasteiger partial charge in [-0.05, 0) is 55.6 Å². The lowest BCUT2D eigenvalue weighted by Gasteiger charge is -2.27. The minimum absolute atomic E-state index is 0.00828. The molecular weight excluding hydrogens is 374 g/mol. The number of anilines is 1. The Kier molecular flexibility index (Phi) is 6.17. The number of hydrogen-bond acceptors (Lipinski definition) is 4. The van der Waals surface area contributed by atoms with Gasteiger partial charge >= 0.3 is 0 Å². The van der Waals surface area contributed by atoms with Crippen molar-refractivity contribution in [3.63, 3.8) is 0 Å². The first-order chi connectivity index (χ1) is 13.3. The zero-order valence-electron chi connectivity index (χ0n) is 16.3. The number of nitrogens with two attached hydrogens (primary N) is 1. The number of nitrogens with zero attached hydrogens (tertiary/aromatic N) is 2. The molecule has 0 aromatic heterocycles. The first kappa shape index (κ1) is 20.5.